The molecule has 0 bridgehead atoms. The zero-order valence-electron chi connectivity index (χ0n) is 14.3. The van der Waals surface area contributed by atoms with Gasteiger partial charge >= 0.3 is 0 Å². The fourth-order valence-electron chi connectivity index (χ4n) is 2.45. The van der Waals surface area contributed by atoms with Crippen molar-refractivity contribution in [1.82, 2.24) is 15.6 Å². The molecule has 0 aliphatic carbocycles. The zero-order chi connectivity index (χ0) is 16.1. The first-order valence-corrected chi connectivity index (χ1v) is 8.28. The highest BCUT2D eigenvalue weighted by Gasteiger charge is 2.11. The monoisotopic (exact) mass is 444 g/mol. The summed E-state index contributed by atoms with van der Waals surface area (Å²) in [6.45, 7) is 9.11. The van der Waals surface area contributed by atoms with Gasteiger partial charge in [0.15, 0.2) is 5.96 Å². The highest BCUT2D eigenvalue weighted by Crippen LogP contribution is 2.18. The van der Waals surface area contributed by atoms with Crippen LogP contribution in [0.1, 0.15) is 39.7 Å². The van der Waals surface area contributed by atoms with Crippen molar-refractivity contribution < 1.29 is 0 Å². The summed E-state index contributed by atoms with van der Waals surface area (Å²) in [6.07, 6.45) is 0. The number of hydrogen-bond acceptors (Lipinski definition) is 3. The molecule has 0 fully saturated rings. The molecule has 1 aromatic heterocycles. The predicted octanol–water partition coefficient (Wildman–Crippen LogP) is 4.11. The molecule has 0 spiro atoms. The van der Waals surface area contributed by atoms with Gasteiger partial charge in [0.1, 0.15) is 0 Å². The smallest absolute Gasteiger partial charge is 0.191 e. The SMILES string of the molecule is CN=C(NCc1sc(C)nc1C)NC(C)c1ccccc1C.I. The second kappa shape index (κ2) is 9.22. The summed E-state index contributed by atoms with van der Waals surface area (Å²) in [5.41, 5.74) is 3.67. The second-order valence-corrected chi connectivity index (χ2v) is 6.68. The second-order valence-electron chi connectivity index (χ2n) is 5.39. The van der Waals surface area contributed by atoms with Crippen molar-refractivity contribution in [2.24, 2.45) is 4.99 Å². The minimum atomic E-state index is 0. The van der Waals surface area contributed by atoms with Crippen LogP contribution in [0.2, 0.25) is 0 Å². The van der Waals surface area contributed by atoms with Gasteiger partial charge in [-0.2, -0.15) is 0 Å². The van der Waals surface area contributed by atoms with Crippen LogP contribution in [-0.4, -0.2) is 18.0 Å². The predicted molar refractivity (Wildman–Crippen MR) is 110 cm³/mol. The standard InChI is InChI=1S/C17H24N4S.HI/c1-11-8-6-7-9-15(11)12(2)21-17(18-5)19-10-16-13(3)20-14(4)22-16;/h6-9,12H,10H2,1-5H3,(H2,18,19,21);1H. The molecule has 0 saturated carbocycles. The molecule has 6 heteroatoms. The Balaban J connectivity index is 0.00000264. The molecule has 4 nitrogen and oxygen atoms in total. The van der Waals surface area contributed by atoms with E-state index in [9.17, 15) is 0 Å². The van der Waals surface area contributed by atoms with Crippen molar-refractivity contribution >= 4 is 41.3 Å². The largest absolute Gasteiger partial charge is 0.351 e. The first-order valence-electron chi connectivity index (χ1n) is 7.47. The van der Waals surface area contributed by atoms with Gasteiger partial charge in [-0.15, -0.1) is 35.3 Å². The fraction of sp³-hybridized carbons (Fsp3) is 0.412. The molecule has 0 radical (unpaired) electrons. The van der Waals surface area contributed by atoms with Crippen molar-refractivity contribution in [2.75, 3.05) is 7.05 Å². The highest BCUT2D eigenvalue weighted by molar-refractivity contribution is 14.0. The summed E-state index contributed by atoms with van der Waals surface area (Å²) in [7, 11) is 1.80. The maximum atomic E-state index is 4.45. The van der Waals surface area contributed by atoms with Crippen molar-refractivity contribution in [2.45, 2.75) is 40.3 Å². The van der Waals surface area contributed by atoms with Gasteiger partial charge in [0, 0.05) is 11.9 Å². The van der Waals surface area contributed by atoms with E-state index in [0.29, 0.717) is 0 Å². The van der Waals surface area contributed by atoms with E-state index in [1.807, 2.05) is 13.8 Å². The number of aliphatic imine (C=N–C) groups is 1. The van der Waals surface area contributed by atoms with Gasteiger partial charge in [0.05, 0.1) is 23.3 Å². The van der Waals surface area contributed by atoms with Gasteiger partial charge in [-0.1, -0.05) is 24.3 Å². The summed E-state index contributed by atoms with van der Waals surface area (Å²) in [5, 5.41) is 7.92. The molecular formula is C17H25IN4S. The first kappa shape index (κ1) is 19.9. The van der Waals surface area contributed by atoms with Crippen LogP contribution in [0.15, 0.2) is 29.3 Å². The van der Waals surface area contributed by atoms with E-state index < -0.39 is 0 Å². The van der Waals surface area contributed by atoms with E-state index in [1.165, 1.54) is 16.0 Å². The van der Waals surface area contributed by atoms with E-state index in [1.54, 1.807) is 18.4 Å². The van der Waals surface area contributed by atoms with Crippen molar-refractivity contribution in [3.8, 4) is 0 Å². The Hall–Kier alpha value is -1.15. The van der Waals surface area contributed by atoms with Crippen LogP contribution in [0.5, 0.6) is 0 Å². The quantitative estimate of drug-likeness (QED) is 0.424. The molecule has 2 aromatic rings. The molecule has 0 amide bonds. The fourth-order valence-corrected chi connectivity index (χ4v) is 3.33. The van der Waals surface area contributed by atoms with Crippen LogP contribution in [0.25, 0.3) is 0 Å². The summed E-state index contributed by atoms with van der Waals surface area (Å²) in [6, 6.07) is 8.62. The summed E-state index contributed by atoms with van der Waals surface area (Å²) < 4.78 is 0. The maximum Gasteiger partial charge on any atom is 0.191 e. The number of halogens is 1. The Morgan fingerprint density at radius 1 is 1.26 bits per heavy atom. The van der Waals surface area contributed by atoms with Gasteiger partial charge in [-0.25, -0.2) is 4.98 Å². The molecule has 0 aliphatic heterocycles. The molecule has 1 heterocycles. The van der Waals surface area contributed by atoms with Gasteiger partial charge in [-0.3, -0.25) is 4.99 Å². The molecule has 23 heavy (non-hydrogen) atoms. The van der Waals surface area contributed by atoms with Crippen molar-refractivity contribution in [3.63, 3.8) is 0 Å². The Bertz CT molecular complexity index is 666. The normalized spacial score (nSPS) is 12.5. The van der Waals surface area contributed by atoms with E-state index in [4.69, 9.17) is 0 Å². The number of aromatic nitrogens is 1. The van der Waals surface area contributed by atoms with E-state index in [2.05, 4.69) is 58.7 Å². The molecule has 2 N–H and O–H groups in total. The van der Waals surface area contributed by atoms with Gasteiger partial charge < -0.3 is 10.6 Å². The average molecular weight is 444 g/mol. The minimum Gasteiger partial charge on any atom is -0.351 e. The van der Waals surface area contributed by atoms with Crippen LogP contribution in [0, 0.1) is 20.8 Å². The Kier molecular flexibility index (Phi) is 7.98. The molecule has 1 unspecified atom stereocenters. The summed E-state index contributed by atoms with van der Waals surface area (Å²) in [4.78, 5) is 10.0. The number of aryl methyl sites for hydroxylation is 3. The Morgan fingerprint density at radius 3 is 2.52 bits per heavy atom. The lowest BCUT2D eigenvalue weighted by Crippen LogP contribution is -2.38. The molecule has 0 saturated heterocycles. The number of nitrogens with one attached hydrogen (secondary N) is 2. The molecule has 1 atom stereocenters. The van der Waals surface area contributed by atoms with Gasteiger partial charge in [0.25, 0.3) is 0 Å². The first-order chi connectivity index (χ1) is 10.5. The van der Waals surface area contributed by atoms with Crippen molar-refractivity contribution in [1.29, 1.82) is 0 Å². The molecule has 2 rings (SSSR count). The number of thiazole rings is 1. The third-order valence-corrected chi connectivity index (χ3v) is 4.72. The number of benzene rings is 1. The molecule has 1 aromatic carbocycles. The Labute approximate surface area is 159 Å². The Morgan fingerprint density at radius 2 is 1.96 bits per heavy atom. The third-order valence-electron chi connectivity index (χ3n) is 3.65. The van der Waals surface area contributed by atoms with Gasteiger partial charge in [-0.05, 0) is 38.8 Å². The van der Waals surface area contributed by atoms with Crippen LogP contribution in [0.4, 0.5) is 0 Å². The van der Waals surface area contributed by atoms with Crippen LogP contribution in [-0.2, 0) is 6.54 Å². The summed E-state index contributed by atoms with van der Waals surface area (Å²) >= 11 is 1.73. The molecule has 126 valence electrons. The molecular weight excluding hydrogens is 419 g/mol. The highest BCUT2D eigenvalue weighted by atomic mass is 127. The van der Waals surface area contributed by atoms with Crippen LogP contribution >= 0.6 is 35.3 Å². The number of hydrogen-bond donors (Lipinski definition) is 2. The van der Waals surface area contributed by atoms with E-state index in [-0.39, 0.29) is 30.0 Å². The van der Waals surface area contributed by atoms with E-state index >= 15 is 0 Å². The topological polar surface area (TPSA) is 49.3 Å². The lowest BCUT2D eigenvalue weighted by molar-refractivity contribution is 0.682. The average Bonchev–Trinajstić information content (AvgIpc) is 2.81. The molecule has 0 aliphatic rings. The van der Waals surface area contributed by atoms with Crippen LogP contribution in [0.3, 0.4) is 0 Å². The summed E-state index contributed by atoms with van der Waals surface area (Å²) in [5.74, 6) is 0.807. The lowest BCUT2D eigenvalue weighted by Gasteiger charge is -2.19. The minimum absolute atomic E-state index is 0. The van der Waals surface area contributed by atoms with E-state index in [0.717, 1.165) is 23.2 Å². The van der Waals surface area contributed by atoms with Crippen molar-refractivity contribution in [3.05, 3.63) is 51.0 Å². The number of guanidine groups is 1. The van der Waals surface area contributed by atoms with Crippen LogP contribution < -0.4 is 10.6 Å². The zero-order valence-corrected chi connectivity index (χ0v) is 17.5. The maximum absolute atomic E-state index is 4.45. The van der Waals surface area contributed by atoms with Gasteiger partial charge in [0.2, 0.25) is 0 Å². The lowest BCUT2D eigenvalue weighted by atomic mass is 10.0. The third kappa shape index (κ3) is 5.46. The number of nitrogens with zero attached hydrogens (tertiary/aromatic N) is 2. The number of rotatable bonds is 4.